The van der Waals surface area contributed by atoms with E-state index in [1.165, 1.54) is 12.1 Å². The van der Waals surface area contributed by atoms with Gasteiger partial charge in [0.1, 0.15) is 0 Å². The molecule has 3 aromatic rings. The second-order valence-electron chi connectivity index (χ2n) is 6.52. The van der Waals surface area contributed by atoms with Crippen LogP contribution >= 0.6 is 0 Å². The number of halogens is 3. The molecule has 0 amide bonds. The third-order valence-corrected chi connectivity index (χ3v) is 4.60. The third-order valence-electron chi connectivity index (χ3n) is 4.60. The lowest BCUT2D eigenvalue weighted by Crippen LogP contribution is -2.31. The van der Waals surface area contributed by atoms with Crippen LogP contribution < -0.4 is 0 Å². The highest BCUT2D eigenvalue weighted by molar-refractivity contribution is 5.56. The van der Waals surface area contributed by atoms with Crippen molar-refractivity contribution in [1.29, 1.82) is 0 Å². The van der Waals surface area contributed by atoms with E-state index >= 15 is 0 Å². The number of fused-ring (bicyclic) bond motifs is 1. The molecule has 4 rings (SSSR count). The fourth-order valence-electron chi connectivity index (χ4n) is 3.18. The second-order valence-corrected chi connectivity index (χ2v) is 6.52. The fourth-order valence-corrected chi connectivity index (χ4v) is 3.18. The summed E-state index contributed by atoms with van der Waals surface area (Å²) in [5.74, 6) is 0.459. The number of hydrogen-bond acceptors (Lipinski definition) is 4. The van der Waals surface area contributed by atoms with E-state index in [-0.39, 0.29) is 0 Å². The molecule has 1 aromatic carbocycles. The van der Waals surface area contributed by atoms with Gasteiger partial charge in [0.15, 0.2) is 5.82 Å². The molecule has 1 aliphatic rings. The first-order valence-electron chi connectivity index (χ1n) is 8.64. The van der Waals surface area contributed by atoms with Gasteiger partial charge in [-0.2, -0.15) is 13.2 Å². The van der Waals surface area contributed by atoms with Crippen molar-refractivity contribution >= 4 is 0 Å². The Morgan fingerprint density at radius 2 is 1.81 bits per heavy atom. The van der Waals surface area contributed by atoms with Crippen molar-refractivity contribution in [2.75, 3.05) is 6.54 Å². The second kappa shape index (κ2) is 7.08. The van der Waals surface area contributed by atoms with E-state index < -0.39 is 11.7 Å². The van der Waals surface area contributed by atoms with Gasteiger partial charge in [-0.1, -0.05) is 18.2 Å². The normalized spacial score (nSPS) is 14.8. The van der Waals surface area contributed by atoms with Gasteiger partial charge in [0, 0.05) is 49.6 Å². The molecule has 0 unspecified atom stereocenters. The molecule has 3 heterocycles. The van der Waals surface area contributed by atoms with E-state index in [1.54, 1.807) is 12.4 Å². The van der Waals surface area contributed by atoms with Gasteiger partial charge in [-0.25, -0.2) is 9.97 Å². The molecule has 0 saturated carbocycles. The van der Waals surface area contributed by atoms with Crippen molar-refractivity contribution in [3.63, 3.8) is 0 Å². The lowest BCUT2D eigenvalue weighted by Gasteiger charge is -2.27. The quantitative estimate of drug-likeness (QED) is 0.696. The van der Waals surface area contributed by atoms with Crippen LogP contribution in [0.25, 0.3) is 11.4 Å². The maximum atomic E-state index is 12.7. The Hall–Kier alpha value is -2.80. The van der Waals surface area contributed by atoms with Crippen LogP contribution in [0.5, 0.6) is 0 Å². The molecule has 1 aliphatic heterocycles. The monoisotopic (exact) mass is 370 g/mol. The number of hydrogen-bond donors (Lipinski definition) is 0. The van der Waals surface area contributed by atoms with Crippen LogP contribution in [0.15, 0.2) is 54.9 Å². The Labute approximate surface area is 154 Å². The minimum absolute atomic E-state index is 0.459. The predicted molar refractivity (Wildman–Crippen MR) is 94.5 cm³/mol. The van der Waals surface area contributed by atoms with Crippen LogP contribution in [0.2, 0.25) is 0 Å². The molecule has 4 nitrogen and oxygen atoms in total. The lowest BCUT2D eigenvalue weighted by atomic mass is 10.1. The molecule has 0 fully saturated rings. The van der Waals surface area contributed by atoms with E-state index in [9.17, 15) is 13.2 Å². The van der Waals surface area contributed by atoms with Crippen molar-refractivity contribution in [1.82, 2.24) is 19.9 Å². The van der Waals surface area contributed by atoms with Crippen LogP contribution in [0.3, 0.4) is 0 Å². The molecule has 138 valence electrons. The molecule has 0 saturated heterocycles. The zero-order chi connectivity index (χ0) is 18.9. The van der Waals surface area contributed by atoms with E-state index in [0.29, 0.717) is 11.4 Å². The molecule has 27 heavy (non-hydrogen) atoms. The topological polar surface area (TPSA) is 41.9 Å². The summed E-state index contributed by atoms with van der Waals surface area (Å²) in [7, 11) is 0. The molecule has 0 N–H and O–H groups in total. The van der Waals surface area contributed by atoms with Gasteiger partial charge >= 0.3 is 6.18 Å². The van der Waals surface area contributed by atoms with Crippen LogP contribution in [-0.4, -0.2) is 26.4 Å². The van der Waals surface area contributed by atoms with E-state index in [1.807, 2.05) is 18.2 Å². The highest BCUT2D eigenvalue weighted by Crippen LogP contribution is 2.30. The van der Waals surface area contributed by atoms with Crippen LogP contribution in [-0.2, 0) is 25.7 Å². The summed E-state index contributed by atoms with van der Waals surface area (Å²) in [5, 5.41) is 0. The minimum atomic E-state index is -4.34. The maximum Gasteiger partial charge on any atom is 0.416 e. The highest BCUT2D eigenvalue weighted by Gasteiger charge is 2.30. The molecule has 2 aromatic heterocycles. The Morgan fingerprint density at radius 3 is 2.52 bits per heavy atom. The third kappa shape index (κ3) is 3.98. The average Bonchev–Trinajstić information content (AvgIpc) is 2.68. The van der Waals surface area contributed by atoms with Crippen molar-refractivity contribution in [2.24, 2.45) is 0 Å². The summed E-state index contributed by atoms with van der Waals surface area (Å²) >= 11 is 0. The van der Waals surface area contributed by atoms with E-state index in [0.717, 1.165) is 55.1 Å². The van der Waals surface area contributed by atoms with E-state index in [4.69, 9.17) is 0 Å². The number of pyridine rings is 1. The van der Waals surface area contributed by atoms with Gasteiger partial charge in [-0.3, -0.25) is 9.88 Å². The van der Waals surface area contributed by atoms with Crippen molar-refractivity contribution in [3.05, 3.63) is 77.4 Å². The molecule has 0 aliphatic carbocycles. The van der Waals surface area contributed by atoms with Gasteiger partial charge in [0.25, 0.3) is 0 Å². The number of nitrogens with zero attached hydrogens (tertiary/aromatic N) is 4. The Morgan fingerprint density at radius 1 is 1.00 bits per heavy atom. The molecule has 0 spiro atoms. The highest BCUT2D eigenvalue weighted by atomic mass is 19.4. The fraction of sp³-hybridized carbons (Fsp3) is 0.250. The van der Waals surface area contributed by atoms with Gasteiger partial charge < -0.3 is 0 Å². The zero-order valence-corrected chi connectivity index (χ0v) is 14.4. The van der Waals surface area contributed by atoms with Gasteiger partial charge in [0.2, 0.25) is 0 Å². The molecular formula is C20H17F3N4. The lowest BCUT2D eigenvalue weighted by molar-refractivity contribution is -0.137. The standard InChI is InChI=1S/C20H17F3N4/c21-20(22,23)16-6-4-14(5-7-16)19-25-11-15-12-27(10-8-18(15)26-19)13-17-3-1-2-9-24-17/h1-7,9,11H,8,10,12-13H2. The van der Waals surface area contributed by atoms with Crippen molar-refractivity contribution in [3.8, 4) is 11.4 Å². The van der Waals surface area contributed by atoms with Gasteiger partial charge in [0.05, 0.1) is 17.0 Å². The average molecular weight is 370 g/mol. The Balaban J connectivity index is 1.50. The summed E-state index contributed by atoms with van der Waals surface area (Å²) in [6.45, 7) is 2.35. The molecular weight excluding hydrogens is 353 g/mol. The number of alkyl halides is 3. The maximum absolute atomic E-state index is 12.7. The molecule has 0 radical (unpaired) electrons. The minimum Gasteiger partial charge on any atom is -0.293 e. The first-order chi connectivity index (χ1) is 13.0. The van der Waals surface area contributed by atoms with Crippen molar-refractivity contribution < 1.29 is 13.2 Å². The van der Waals surface area contributed by atoms with Gasteiger partial charge in [-0.05, 0) is 24.3 Å². The molecule has 0 bridgehead atoms. The zero-order valence-electron chi connectivity index (χ0n) is 14.4. The van der Waals surface area contributed by atoms with Crippen LogP contribution in [0.1, 0.15) is 22.5 Å². The Bertz CT molecular complexity index is 924. The summed E-state index contributed by atoms with van der Waals surface area (Å²) in [5.41, 5.74) is 2.93. The Kier molecular flexibility index (Phi) is 4.61. The number of aromatic nitrogens is 3. The summed E-state index contributed by atoms with van der Waals surface area (Å²) in [4.78, 5) is 15.6. The van der Waals surface area contributed by atoms with E-state index in [2.05, 4.69) is 19.9 Å². The SMILES string of the molecule is FC(F)(F)c1ccc(-c2ncc3c(n2)CCN(Cc2ccccn2)C3)cc1. The first kappa shape index (κ1) is 17.6. The summed E-state index contributed by atoms with van der Waals surface area (Å²) < 4.78 is 38.1. The number of benzene rings is 1. The first-order valence-corrected chi connectivity index (χ1v) is 8.64. The summed E-state index contributed by atoms with van der Waals surface area (Å²) in [6, 6.07) is 10.8. The van der Waals surface area contributed by atoms with Crippen LogP contribution in [0, 0.1) is 0 Å². The molecule has 0 atom stereocenters. The van der Waals surface area contributed by atoms with Crippen molar-refractivity contribution in [2.45, 2.75) is 25.7 Å². The smallest absolute Gasteiger partial charge is 0.293 e. The number of rotatable bonds is 3. The largest absolute Gasteiger partial charge is 0.416 e. The summed E-state index contributed by atoms with van der Waals surface area (Å²) in [6.07, 6.45) is -0.00276. The van der Waals surface area contributed by atoms with Gasteiger partial charge in [-0.15, -0.1) is 0 Å². The predicted octanol–water partition coefficient (Wildman–Crippen LogP) is 4.12. The van der Waals surface area contributed by atoms with Crippen LogP contribution in [0.4, 0.5) is 13.2 Å². The molecule has 7 heteroatoms.